The standard InChI is InChI=1S/C22H16O4.C2H6O2/c23-21(24)22(25-19-13-5-9-15-7-1-3-11-17(15)19)26-20-14-6-10-16-8-2-4-12-18(16)20;3-1-2-4/h1-14,22H,(H,23,24);3-4H,1-2H2. The van der Waals surface area contributed by atoms with Gasteiger partial charge in [-0.3, -0.25) is 0 Å². The van der Waals surface area contributed by atoms with E-state index in [9.17, 15) is 9.90 Å². The average Bonchev–Trinajstić information content (AvgIpc) is 2.79. The van der Waals surface area contributed by atoms with Gasteiger partial charge < -0.3 is 24.8 Å². The van der Waals surface area contributed by atoms with Crippen LogP contribution in [0.3, 0.4) is 0 Å². The molecule has 3 N–H and O–H groups in total. The Morgan fingerprint density at radius 1 is 0.667 bits per heavy atom. The third-order valence-corrected chi connectivity index (χ3v) is 4.27. The lowest BCUT2D eigenvalue weighted by atomic mass is 10.1. The maximum Gasteiger partial charge on any atom is 0.387 e. The van der Waals surface area contributed by atoms with Gasteiger partial charge in [0.1, 0.15) is 11.5 Å². The molecule has 0 aliphatic heterocycles. The summed E-state index contributed by atoms with van der Waals surface area (Å²) in [6.45, 7) is -0.250. The average molecular weight is 406 g/mol. The van der Waals surface area contributed by atoms with Crippen LogP contribution in [0, 0.1) is 0 Å². The molecular weight excluding hydrogens is 384 g/mol. The molecule has 30 heavy (non-hydrogen) atoms. The van der Waals surface area contributed by atoms with Crippen LogP contribution in [-0.2, 0) is 4.79 Å². The van der Waals surface area contributed by atoms with E-state index < -0.39 is 12.3 Å². The SMILES string of the molecule is O=C(O)C(Oc1cccc2ccccc12)Oc1cccc2ccccc12.OCCO. The summed E-state index contributed by atoms with van der Waals surface area (Å²) in [6.07, 6.45) is -1.45. The molecule has 0 aliphatic rings. The van der Waals surface area contributed by atoms with Gasteiger partial charge in [-0.05, 0) is 22.9 Å². The second-order valence-corrected chi connectivity index (χ2v) is 6.31. The summed E-state index contributed by atoms with van der Waals surface area (Å²) in [5.74, 6) is -0.252. The van der Waals surface area contributed by atoms with Crippen LogP contribution in [0.2, 0.25) is 0 Å². The fourth-order valence-corrected chi connectivity index (χ4v) is 2.95. The summed E-state index contributed by atoms with van der Waals surface area (Å²) >= 11 is 0. The smallest absolute Gasteiger partial charge is 0.387 e. The van der Waals surface area contributed by atoms with Crippen molar-refractivity contribution in [3.8, 4) is 11.5 Å². The van der Waals surface area contributed by atoms with E-state index in [0.29, 0.717) is 11.5 Å². The fourth-order valence-electron chi connectivity index (χ4n) is 2.95. The molecule has 0 heterocycles. The third-order valence-electron chi connectivity index (χ3n) is 4.27. The van der Waals surface area contributed by atoms with Crippen LogP contribution in [0.4, 0.5) is 0 Å². The minimum absolute atomic E-state index is 0.125. The summed E-state index contributed by atoms with van der Waals surface area (Å²) in [5.41, 5.74) is 0. The monoisotopic (exact) mass is 406 g/mol. The summed E-state index contributed by atoms with van der Waals surface area (Å²) in [6, 6.07) is 26.3. The highest BCUT2D eigenvalue weighted by molar-refractivity contribution is 5.89. The minimum Gasteiger partial charge on any atom is -0.476 e. The van der Waals surface area contributed by atoms with E-state index in [4.69, 9.17) is 19.7 Å². The van der Waals surface area contributed by atoms with Crippen LogP contribution in [0.15, 0.2) is 84.9 Å². The van der Waals surface area contributed by atoms with Crippen molar-refractivity contribution in [2.24, 2.45) is 0 Å². The zero-order valence-electron chi connectivity index (χ0n) is 16.1. The molecule has 0 atom stereocenters. The van der Waals surface area contributed by atoms with Gasteiger partial charge in [-0.2, -0.15) is 0 Å². The van der Waals surface area contributed by atoms with Crippen molar-refractivity contribution < 1.29 is 29.6 Å². The van der Waals surface area contributed by atoms with Crippen LogP contribution in [0.1, 0.15) is 0 Å². The van der Waals surface area contributed by atoms with E-state index in [1.807, 2.05) is 72.8 Å². The highest BCUT2D eigenvalue weighted by atomic mass is 16.7. The van der Waals surface area contributed by atoms with Crippen LogP contribution in [0.5, 0.6) is 11.5 Å². The van der Waals surface area contributed by atoms with Gasteiger partial charge in [-0.15, -0.1) is 0 Å². The Labute approximate surface area is 173 Å². The van der Waals surface area contributed by atoms with Crippen LogP contribution >= 0.6 is 0 Å². The van der Waals surface area contributed by atoms with Crippen molar-refractivity contribution >= 4 is 27.5 Å². The highest BCUT2D eigenvalue weighted by Gasteiger charge is 2.23. The van der Waals surface area contributed by atoms with Gasteiger partial charge >= 0.3 is 12.3 Å². The number of benzene rings is 4. The summed E-state index contributed by atoms with van der Waals surface area (Å²) in [4.78, 5) is 11.7. The Morgan fingerprint density at radius 3 is 1.47 bits per heavy atom. The summed E-state index contributed by atoms with van der Waals surface area (Å²) in [7, 11) is 0. The van der Waals surface area contributed by atoms with Crippen LogP contribution in [0.25, 0.3) is 21.5 Å². The van der Waals surface area contributed by atoms with Crippen molar-refractivity contribution in [1.29, 1.82) is 0 Å². The number of aliphatic carboxylic acids is 1. The molecule has 4 aromatic rings. The van der Waals surface area contributed by atoms with Crippen molar-refractivity contribution in [3.05, 3.63) is 84.9 Å². The molecule has 0 spiro atoms. The lowest BCUT2D eigenvalue weighted by Gasteiger charge is -2.19. The predicted molar refractivity (Wildman–Crippen MR) is 115 cm³/mol. The van der Waals surface area contributed by atoms with E-state index >= 15 is 0 Å². The number of ether oxygens (including phenoxy) is 2. The van der Waals surface area contributed by atoms with Gasteiger partial charge in [-0.1, -0.05) is 72.8 Å². The number of carboxylic acids is 1. The van der Waals surface area contributed by atoms with E-state index in [-0.39, 0.29) is 13.2 Å². The first-order valence-electron chi connectivity index (χ1n) is 9.37. The molecule has 0 fully saturated rings. The molecule has 0 radical (unpaired) electrons. The quantitative estimate of drug-likeness (QED) is 0.421. The Bertz CT molecular complexity index is 1030. The molecule has 0 saturated carbocycles. The maximum absolute atomic E-state index is 11.7. The van der Waals surface area contributed by atoms with E-state index in [0.717, 1.165) is 21.5 Å². The number of carbonyl (C=O) groups is 1. The Morgan fingerprint density at radius 2 is 1.07 bits per heavy atom. The lowest BCUT2D eigenvalue weighted by Crippen LogP contribution is -2.33. The second-order valence-electron chi connectivity index (χ2n) is 6.31. The summed E-state index contributed by atoms with van der Waals surface area (Å²) in [5, 5.41) is 28.5. The molecule has 4 rings (SSSR count). The highest BCUT2D eigenvalue weighted by Crippen LogP contribution is 2.29. The van der Waals surface area contributed by atoms with Gasteiger partial charge in [0.05, 0.1) is 13.2 Å². The molecule has 0 amide bonds. The molecule has 6 heteroatoms. The van der Waals surface area contributed by atoms with E-state index in [1.54, 1.807) is 12.1 Å². The Kier molecular flexibility index (Phi) is 7.21. The number of hydrogen-bond donors (Lipinski definition) is 3. The third kappa shape index (κ3) is 5.05. The number of carboxylic acid groups (broad SMARTS) is 1. The number of fused-ring (bicyclic) bond motifs is 2. The van der Waals surface area contributed by atoms with Gasteiger partial charge in [0.15, 0.2) is 0 Å². The topological polar surface area (TPSA) is 96.2 Å². The molecular formula is C24H22O6. The largest absolute Gasteiger partial charge is 0.476 e. The maximum atomic E-state index is 11.7. The zero-order chi connectivity index (χ0) is 21.3. The van der Waals surface area contributed by atoms with Gasteiger partial charge in [0, 0.05) is 10.8 Å². The molecule has 0 unspecified atom stereocenters. The Hall–Kier alpha value is -3.61. The van der Waals surface area contributed by atoms with Crippen LogP contribution in [-0.4, -0.2) is 40.8 Å². The first-order chi connectivity index (χ1) is 14.6. The molecule has 0 saturated heterocycles. The first-order valence-corrected chi connectivity index (χ1v) is 9.37. The molecule has 0 bridgehead atoms. The van der Waals surface area contributed by atoms with Gasteiger partial charge in [0.2, 0.25) is 0 Å². The minimum atomic E-state index is -1.45. The number of aliphatic hydroxyl groups excluding tert-OH is 2. The van der Waals surface area contributed by atoms with Crippen molar-refractivity contribution in [1.82, 2.24) is 0 Å². The fraction of sp³-hybridized carbons (Fsp3) is 0.125. The number of hydrogen-bond acceptors (Lipinski definition) is 5. The Balaban J connectivity index is 0.000000589. The van der Waals surface area contributed by atoms with Crippen molar-refractivity contribution in [3.63, 3.8) is 0 Å². The number of aliphatic hydroxyl groups is 2. The molecule has 0 aliphatic carbocycles. The zero-order valence-corrected chi connectivity index (χ0v) is 16.1. The molecule has 4 aromatic carbocycles. The summed E-state index contributed by atoms with van der Waals surface area (Å²) < 4.78 is 11.4. The predicted octanol–water partition coefficient (Wildman–Crippen LogP) is 3.83. The van der Waals surface area contributed by atoms with Crippen molar-refractivity contribution in [2.75, 3.05) is 13.2 Å². The normalized spacial score (nSPS) is 10.5. The van der Waals surface area contributed by atoms with E-state index in [1.165, 1.54) is 0 Å². The number of rotatable bonds is 6. The first kappa shape index (κ1) is 21.1. The molecule has 6 nitrogen and oxygen atoms in total. The van der Waals surface area contributed by atoms with Crippen molar-refractivity contribution in [2.45, 2.75) is 6.29 Å². The van der Waals surface area contributed by atoms with Gasteiger partial charge in [0.25, 0.3) is 0 Å². The van der Waals surface area contributed by atoms with Gasteiger partial charge in [-0.25, -0.2) is 4.79 Å². The molecule has 154 valence electrons. The van der Waals surface area contributed by atoms with Crippen LogP contribution < -0.4 is 9.47 Å². The molecule has 0 aromatic heterocycles. The lowest BCUT2D eigenvalue weighted by molar-refractivity contribution is -0.158. The van der Waals surface area contributed by atoms with E-state index in [2.05, 4.69) is 0 Å². The second kappa shape index (κ2) is 10.2.